The molecule has 0 N–H and O–H groups in total. The predicted octanol–water partition coefficient (Wildman–Crippen LogP) is 9.62. The highest BCUT2D eigenvalue weighted by atomic mass is 16.7. The molecule has 0 saturated heterocycles. The van der Waals surface area contributed by atoms with Crippen LogP contribution in [0.2, 0.25) is 0 Å². The summed E-state index contributed by atoms with van der Waals surface area (Å²) in [5.41, 5.74) is 4.14. The van der Waals surface area contributed by atoms with Crippen molar-refractivity contribution in [2.45, 2.75) is 97.4 Å². The first-order valence-corrected chi connectivity index (χ1v) is 15.4. The molecule has 3 aromatic carbocycles. The zero-order chi connectivity index (χ0) is 29.3. The van der Waals surface area contributed by atoms with E-state index in [4.69, 9.17) is 18.9 Å². The molecule has 0 bridgehead atoms. The average Bonchev–Trinajstić information content (AvgIpc) is 3.00. The van der Waals surface area contributed by atoms with Crippen molar-refractivity contribution >= 4 is 5.97 Å². The zero-order valence-corrected chi connectivity index (χ0v) is 25.4. The van der Waals surface area contributed by atoms with Gasteiger partial charge in [-0.25, -0.2) is 0 Å². The van der Waals surface area contributed by atoms with Gasteiger partial charge in [0.1, 0.15) is 17.6 Å². The summed E-state index contributed by atoms with van der Waals surface area (Å²) < 4.78 is 23.9. The lowest BCUT2D eigenvalue weighted by Crippen LogP contribution is -2.35. The van der Waals surface area contributed by atoms with Gasteiger partial charge in [-0.05, 0) is 65.8 Å². The van der Waals surface area contributed by atoms with Crippen molar-refractivity contribution < 1.29 is 23.7 Å². The van der Waals surface area contributed by atoms with E-state index in [0.29, 0.717) is 18.8 Å². The van der Waals surface area contributed by atoms with Gasteiger partial charge in [0.15, 0.2) is 0 Å². The van der Waals surface area contributed by atoms with Gasteiger partial charge >= 0.3 is 5.97 Å². The third kappa shape index (κ3) is 10.6. The summed E-state index contributed by atoms with van der Waals surface area (Å²) in [6.07, 6.45) is 9.37. The quantitative estimate of drug-likeness (QED) is 0.0632. The minimum atomic E-state index is -0.481. The highest BCUT2D eigenvalue weighted by Gasteiger charge is 2.23. The van der Waals surface area contributed by atoms with E-state index in [9.17, 15) is 4.79 Å². The first kappa shape index (κ1) is 32.4. The van der Waals surface area contributed by atoms with Gasteiger partial charge < -0.3 is 18.9 Å². The van der Waals surface area contributed by atoms with Crippen molar-refractivity contribution in [2.24, 2.45) is 0 Å². The molecule has 5 nitrogen and oxygen atoms in total. The third-order valence-electron chi connectivity index (χ3n) is 7.22. The summed E-state index contributed by atoms with van der Waals surface area (Å²) >= 11 is 0. The van der Waals surface area contributed by atoms with Gasteiger partial charge in [0.2, 0.25) is 6.29 Å². The Morgan fingerprint density at radius 3 is 1.95 bits per heavy atom. The van der Waals surface area contributed by atoms with E-state index in [1.807, 2.05) is 54.6 Å². The van der Waals surface area contributed by atoms with Crippen molar-refractivity contribution in [1.82, 2.24) is 0 Å². The molecule has 3 rings (SSSR count). The van der Waals surface area contributed by atoms with Gasteiger partial charge in [0.25, 0.3) is 0 Å². The van der Waals surface area contributed by atoms with Crippen LogP contribution < -0.4 is 9.47 Å². The number of rotatable bonds is 19. The van der Waals surface area contributed by atoms with Crippen LogP contribution in [0.25, 0.3) is 22.3 Å². The predicted molar refractivity (Wildman–Crippen MR) is 167 cm³/mol. The maximum atomic E-state index is 12.4. The second kappa shape index (κ2) is 18.3. The normalized spacial score (nSPS) is 12.6. The molecular weight excluding hydrogens is 512 g/mol. The Labute approximate surface area is 247 Å². The van der Waals surface area contributed by atoms with E-state index in [-0.39, 0.29) is 12.1 Å². The van der Waals surface area contributed by atoms with Crippen molar-refractivity contribution in [1.29, 1.82) is 0 Å². The Bertz CT molecular complexity index is 1170. The fraction of sp³-hybridized carbons (Fsp3) is 0.472. The van der Waals surface area contributed by atoms with E-state index in [1.165, 1.54) is 19.3 Å². The molecule has 222 valence electrons. The minimum Gasteiger partial charge on any atom is -0.462 e. The van der Waals surface area contributed by atoms with Gasteiger partial charge in [-0.1, -0.05) is 108 Å². The monoisotopic (exact) mass is 560 g/mol. The molecule has 5 heteroatoms. The van der Waals surface area contributed by atoms with Crippen molar-refractivity contribution in [3.8, 4) is 33.8 Å². The van der Waals surface area contributed by atoms with Gasteiger partial charge in [-0.3, -0.25) is 4.79 Å². The smallest absolute Gasteiger partial charge is 0.311 e. The molecule has 0 fully saturated rings. The first-order valence-electron chi connectivity index (χ1n) is 15.4. The van der Waals surface area contributed by atoms with Crippen LogP contribution in [0.15, 0.2) is 72.8 Å². The molecule has 0 aliphatic rings. The Kier molecular flexibility index (Phi) is 14.5. The molecule has 1 unspecified atom stereocenters. The fourth-order valence-electron chi connectivity index (χ4n) is 4.88. The summed E-state index contributed by atoms with van der Waals surface area (Å²) in [6, 6.07) is 24.1. The number of carbonyl (C=O) groups excluding carboxylic acids is 1. The number of methoxy groups -OCH3 is 1. The van der Waals surface area contributed by atoms with E-state index < -0.39 is 6.29 Å². The summed E-state index contributed by atoms with van der Waals surface area (Å²) in [7, 11) is 1.70. The molecule has 3 aromatic rings. The number of benzene rings is 3. The lowest BCUT2D eigenvalue weighted by molar-refractivity contribution is -0.156. The fourth-order valence-corrected chi connectivity index (χ4v) is 4.88. The Morgan fingerprint density at radius 1 is 0.707 bits per heavy atom. The largest absolute Gasteiger partial charge is 0.462 e. The van der Waals surface area contributed by atoms with Crippen LogP contribution >= 0.6 is 0 Å². The maximum absolute atomic E-state index is 12.4. The molecule has 0 amide bonds. The zero-order valence-electron chi connectivity index (χ0n) is 25.4. The number of ether oxygens (including phenoxy) is 4. The summed E-state index contributed by atoms with van der Waals surface area (Å²) in [4.78, 5) is 12.4. The number of esters is 1. The molecule has 0 spiro atoms. The van der Waals surface area contributed by atoms with E-state index in [0.717, 1.165) is 66.5 Å². The highest BCUT2D eigenvalue weighted by molar-refractivity contribution is 5.84. The van der Waals surface area contributed by atoms with Crippen LogP contribution in [-0.2, 0) is 14.3 Å². The number of carbonyl (C=O) groups is 1. The first-order chi connectivity index (χ1) is 20.1. The lowest BCUT2D eigenvalue weighted by atomic mass is 9.94. The second-order valence-electron chi connectivity index (χ2n) is 10.5. The molecule has 0 heterocycles. The topological polar surface area (TPSA) is 54.0 Å². The van der Waals surface area contributed by atoms with Crippen LogP contribution in [0.1, 0.15) is 85.0 Å². The minimum absolute atomic E-state index is 0.158. The second-order valence-corrected chi connectivity index (χ2v) is 10.5. The summed E-state index contributed by atoms with van der Waals surface area (Å²) in [5, 5.41) is 0. The van der Waals surface area contributed by atoms with Crippen molar-refractivity contribution in [3.63, 3.8) is 0 Å². The summed E-state index contributed by atoms with van der Waals surface area (Å²) in [5.74, 6) is 1.13. The molecular formula is C36H48O5. The molecule has 0 aliphatic carbocycles. The SMILES string of the molecule is CCCCCCCC(=O)Oc1cccc(-c2ccccc2-c2cccc(OC(OCCCCC)[C@H](CC)OC)c2)c1. The molecule has 0 radical (unpaired) electrons. The van der Waals surface area contributed by atoms with Crippen molar-refractivity contribution in [2.75, 3.05) is 13.7 Å². The molecule has 0 saturated carbocycles. The van der Waals surface area contributed by atoms with Gasteiger partial charge in [0.05, 0.1) is 6.61 Å². The van der Waals surface area contributed by atoms with Gasteiger partial charge in [0, 0.05) is 13.5 Å². The number of hydrogen-bond donors (Lipinski definition) is 0. The van der Waals surface area contributed by atoms with E-state index in [1.54, 1.807) is 7.11 Å². The summed E-state index contributed by atoms with van der Waals surface area (Å²) in [6.45, 7) is 7.09. The van der Waals surface area contributed by atoms with E-state index in [2.05, 4.69) is 39.0 Å². The molecule has 2 atom stereocenters. The lowest BCUT2D eigenvalue weighted by Gasteiger charge is -2.26. The van der Waals surface area contributed by atoms with Crippen molar-refractivity contribution in [3.05, 3.63) is 72.8 Å². The average molecular weight is 561 g/mol. The van der Waals surface area contributed by atoms with Crippen LogP contribution in [0, 0.1) is 0 Å². The molecule has 0 aromatic heterocycles. The van der Waals surface area contributed by atoms with Crippen LogP contribution in [0.5, 0.6) is 11.5 Å². The number of hydrogen-bond acceptors (Lipinski definition) is 5. The Hall–Kier alpha value is -3.15. The Balaban J connectivity index is 1.77. The number of unbranched alkanes of at least 4 members (excludes halogenated alkanes) is 6. The molecule has 0 aliphatic heterocycles. The van der Waals surface area contributed by atoms with Crippen LogP contribution in [0.3, 0.4) is 0 Å². The van der Waals surface area contributed by atoms with Gasteiger partial charge in [-0.15, -0.1) is 0 Å². The standard InChI is InChI=1S/C36H48O5/c1-5-8-10-11-12-24-35(37)40-30-20-16-18-28(26-30)32-22-13-14-23-33(32)29-19-17-21-31(27-29)41-36(34(7-3)38-4)39-25-15-9-6-2/h13-14,16-23,26-27,34,36H,5-12,15,24-25H2,1-4H3/t34-,36?/m0/s1. The maximum Gasteiger partial charge on any atom is 0.311 e. The van der Waals surface area contributed by atoms with Crippen LogP contribution in [0.4, 0.5) is 0 Å². The Morgan fingerprint density at radius 2 is 1.32 bits per heavy atom. The van der Waals surface area contributed by atoms with Crippen LogP contribution in [-0.4, -0.2) is 32.1 Å². The van der Waals surface area contributed by atoms with E-state index >= 15 is 0 Å². The third-order valence-corrected chi connectivity index (χ3v) is 7.22. The van der Waals surface area contributed by atoms with Gasteiger partial charge in [-0.2, -0.15) is 0 Å². The highest BCUT2D eigenvalue weighted by Crippen LogP contribution is 2.35. The molecule has 41 heavy (non-hydrogen) atoms.